The first-order valence-corrected chi connectivity index (χ1v) is 11.1. The average Bonchev–Trinajstić information content (AvgIpc) is 3.28. The maximum atomic E-state index is 13.2. The van der Waals surface area contributed by atoms with E-state index >= 15 is 0 Å². The Labute approximate surface area is 200 Å². The summed E-state index contributed by atoms with van der Waals surface area (Å²) >= 11 is 0. The van der Waals surface area contributed by atoms with Crippen molar-refractivity contribution in [1.82, 2.24) is 9.80 Å². The Hall–Kier alpha value is -4.59. The smallest absolute Gasteiger partial charge is 0.329 e. The van der Waals surface area contributed by atoms with Crippen LogP contribution in [0.5, 0.6) is 0 Å². The van der Waals surface area contributed by atoms with Gasteiger partial charge < -0.3 is 4.74 Å². The minimum absolute atomic E-state index is 0.0676. The normalized spacial score (nSPS) is 15.3. The van der Waals surface area contributed by atoms with Gasteiger partial charge in [0.15, 0.2) is 0 Å². The predicted octanol–water partition coefficient (Wildman–Crippen LogP) is 2.73. The maximum absolute atomic E-state index is 13.2. The molecule has 0 saturated heterocycles. The minimum atomic E-state index is -1.20. The van der Waals surface area contributed by atoms with Gasteiger partial charge in [-0.15, -0.1) is 0 Å². The van der Waals surface area contributed by atoms with Gasteiger partial charge >= 0.3 is 5.97 Å². The molecule has 2 aliphatic rings. The summed E-state index contributed by atoms with van der Waals surface area (Å²) in [7, 11) is 0. The molecule has 1 atom stereocenters. The van der Waals surface area contributed by atoms with Gasteiger partial charge in [0.1, 0.15) is 12.6 Å². The molecule has 0 N–H and O–H groups in total. The van der Waals surface area contributed by atoms with E-state index in [-0.39, 0.29) is 30.7 Å². The van der Waals surface area contributed by atoms with Crippen molar-refractivity contribution < 1.29 is 28.7 Å². The van der Waals surface area contributed by atoms with Crippen molar-refractivity contribution in [3.05, 3.63) is 107 Å². The number of ether oxygens (including phenoxy) is 1. The molecule has 2 aliphatic heterocycles. The van der Waals surface area contributed by atoms with E-state index in [1.165, 1.54) is 0 Å². The highest BCUT2D eigenvalue weighted by molar-refractivity contribution is 6.23. The van der Waals surface area contributed by atoms with Gasteiger partial charge in [-0.3, -0.25) is 29.0 Å². The lowest BCUT2D eigenvalue weighted by Crippen LogP contribution is -2.47. The zero-order valence-corrected chi connectivity index (χ0v) is 18.5. The lowest BCUT2D eigenvalue weighted by atomic mass is 10.0. The summed E-state index contributed by atoms with van der Waals surface area (Å²) in [5, 5.41) is 0. The quantitative estimate of drug-likeness (QED) is 0.390. The first kappa shape index (κ1) is 22.2. The SMILES string of the molecule is O=C(OCCN1C(=O)c2ccccc2C1=O)[C@H](Cc1ccccc1)N1C(=O)c2ccccc2C1=O. The Morgan fingerprint density at radius 3 is 1.63 bits per heavy atom. The number of carbonyl (C=O) groups excluding carboxylic acids is 5. The van der Waals surface area contributed by atoms with Crippen molar-refractivity contribution in [2.75, 3.05) is 13.2 Å². The van der Waals surface area contributed by atoms with Crippen molar-refractivity contribution in [3.63, 3.8) is 0 Å². The zero-order valence-electron chi connectivity index (χ0n) is 18.5. The molecule has 3 aromatic rings. The molecule has 35 heavy (non-hydrogen) atoms. The van der Waals surface area contributed by atoms with E-state index < -0.39 is 35.6 Å². The van der Waals surface area contributed by atoms with Crippen LogP contribution in [0.25, 0.3) is 0 Å². The highest BCUT2D eigenvalue weighted by Crippen LogP contribution is 2.27. The van der Waals surface area contributed by atoms with Crippen molar-refractivity contribution >= 4 is 29.6 Å². The topological polar surface area (TPSA) is 101 Å². The number of fused-ring (bicyclic) bond motifs is 2. The number of rotatable bonds is 7. The first-order chi connectivity index (χ1) is 17.0. The predicted molar refractivity (Wildman–Crippen MR) is 124 cm³/mol. The third-order valence-electron chi connectivity index (χ3n) is 6.12. The third-order valence-corrected chi connectivity index (χ3v) is 6.12. The Morgan fingerprint density at radius 1 is 0.657 bits per heavy atom. The van der Waals surface area contributed by atoms with E-state index in [9.17, 15) is 24.0 Å². The molecule has 0 aliphatic carbocycles. The molecule has 8 heteroatoms. The van der Waals surface area contributed by atoms with Crippen molar-refractivity contribution in [1.29, 1.82) is 0 Å². The molecule has 4 amide bonds. The molecule has 5 rings (SSSR count). The van der Waals surface area contributed by atoms with Crippen LogP contribution in [0.4, 0.5) is 0 Å². The summed E-state index contributed by atoms with van der Waals surface area (Å²) in [5.41, 5.74) is 1.81. The molecule has 3 aromatic carbocycles. The van der Waals surface area contributed by atoms with Crippen LogP contribution in [0, 0.1) is 0 Å². The molecule has 0 spiro atoms. The minimum Gasteiger partial charge on any atom is -0.462 e. The molecule has 0 fully saturated rings. The standard InChI is InChI=1S/C27H20N2O6/c30-23-18-10-4-5-11-19(18)24(31)28(23)14-15-35-27(34)22(16-17-8-2-1-3-9-17)29-25(32)20-12-6-7-13-21(20)26(29)33/h1-13,22H,14-16H2/t22-/m0/s1. The fourth-order valence-corrected chi connectivity index (χ4v) is 4.38. The highest BCUT2D eigenvalue weighted by atomic mass is 16.5. The largest absolute Gasteiger partial charge is 0.462 e. The van der Waals surface area contributed by atoms with Crippen LogP contribution >= 0.6 is 0 Å². The molecular weight excluding hydrogens is 448 g/mol. The first-order valence-electron chi connectivity index (χ1n) is 11.1. The van der Waals surface area contributed by atoms with Crippen molar-refractivity contribution in [3.8, 4) is 0 Å². The summed E-state index contributed by atoms with van der Waals surface area (Å²) in [6.45, 7) is -0.406. The van der Waals surface area contributed by atoms with Gasteiger partial charge in [-0.05, 0) is 29.8 Å². The molecule has 0 saturated carbocycles. The van der Waals surface area contributed by atoms with Gasteiger partial charge in [-0.25, -0.2) is 4.79 Å². The lowest BCUT2D eigenvalue weighted by Gasteiger charge is -2.25. The van der Waals surface area contributed by atoms with Gasteiger partial charge in [0.25, 0.3) is 23.6 Å². The number of hydrogen-bond donors (Lipinski definition) is 0. The Bertz CT molecular complexity index is 1300. The molecule has 0 bridgehead atoms. The molecule has 2 heterocycles. The van der Waals surface area contributed by atoms with Crippen LogP contribution in [-0.2, 0) is 16.0 Å². The number of carbonyl (C=O) groups is 5. The number of hydrogen-bond acceptors (Lipinski definition) is 6. The number of nitrogens with zero attached hydrogens (tertiary/aromatic N) is 2. The molecule has 174 valence electrons. The van der Waals surface area contributed by atoms with Crippen LogP contribution in [0.2, 0.25) is 0 Å². The Kier molecular flexibility index (Phi) is 5.70. The summed E-state index contributed by atoms with van der Waals surface area (Å²) in [6, 6.07) is 20.7. The molecule has 8 nitrogen and oxygen atoms in total. The number of esters is 1. The van der Waals surface area contributed by atoms with Crippen LogP contribution in [-0.4, -0.2) is 58.6 Å². The average molecular weight is 468 g/mol. The van der Waals surface area contributed by atoms with Crippen LogP contribution < -0.4 is 0 Å². The van der Waals surface area contributed by atoms with Gasteiger partial charge in [-0.2, -0.15) is 0 Å². The molecule has 0 radical (unpaired) electrons. The van der Waals surface area contributed by atoms with Crippen molar-refractivity contribution in [2.45, 2.75) is 12.5 Å². The van der Waals surface area contributed by atoms with Gasteiger partial charge in [0, 0.05) is 6.42 Å². The zero-order chi connectivity index (χ0) is 24.5. The lowest BCUT2D eigenvalue weighted by molar-refractivity contribution is -0.148. The number of imide groups is 2. The Balaban J connectivity index is 1.33. The number of benzene rings is 3. The summed E-state index contributed by atoms with van der Waals surface area (Å²) < 4.78 is 5.41. The molecular formula is C27H20N2O6. The van der Waals surface area contributed by atoms with Crippen LogP contribution in [0.15, 0.2) is 78.9 Å². The molecule has 0 aromatic heterocycles. The Morgan fingerprint density at radius 2 is 1.11 bits per heavy atom. The second-order valence-electron chi connectivity index (χ2n) is 8.21. The molecule has 0 unspecified atom stereocenters. The van der Waals surface area contributed by atoms with Crippen molar-refractivity contribution in [2.24, 2.45) is 0 Å². The van der Waals surface area contributed by atoms with Crippen LogP contribution in [0.3, 0.4) is 0 Å². The third kappa shape index (κ3) is 3.89. The van der Waals surface area contributed by atoms with Crippen LogP contribution in [0.1, 0.15) is 47.0 Å². The monoisotopic (exact) mass is 468 g/mol. The number of amides is 4. The van der Waals surface area contributed by atoms with E-state index in [2.05, 4.69) is 0 Å². The highest BCUT2D eigenvalue weighted by Gasteiger charge is 2.43. The summed E-state index contributed by atoms with van der Waals surface area (Å²) in [4.78, 5) is 66.3. The van der Waals surface area contributed by atoms with Gasteiger partial charge in [0.05, 0.1) is 28.8 Å². The fraction of sp³-hybridized carbons (Fsp3) is 0.148. The summed E-state index contributed by atoms with van der Waals surface area (Å²) in [6.07, 6.45) is 0.0676. The van der Waals surface area contributed by atoms with Gasteiger partial charge in [-0.1, -0.05) is 54.6 Å². The van der Waals surface area contributed by atoms with E-state index in [0.29, 0.717) is 11.1 Å². The van der Waals surface area contributed by atoms with E-state index in [1.54, 1.807) is 72.8 Å². The van der Waals surface area contributed by atoms with E-state index in [1.807, 2.05) is 6.07 Å². The maximum Gasteiger partial charge on any atom is 0.329 e. The summed E-state index contributed by atoms with van der Waals surface area (Å²) in [5.74, 6) is -2.83. The second-order valence-corrected chi connectivity index (χ2v) is 8.21. The van der Waals surface area contributed by atoms with E-state index in [0.717, 1.165) is 15.4 Å². The van der Waals surface area contributed by atoms with E-state index in [4.69, 9.17) is 4.74 Å². The fourth-order valence-electron chi connectivity index (χ4n) is 4.38. The van der Waals surface area contributed by atoms with Gasteiger partial charge in [0.2, 0.25) is 0 Å². The second kappa shape index (κ2) is 8.98.